The fourth-order valence-corrected chi connectivity index (χ4v) is 4.80. The van der Waals surface area contributed by atoms with Gasteiger partial charge in [0, 0.05) is 35.3 Å². The van der Waals surface area contributed by atoms with Gasteiger partial charge < -0.3 is 24.5 Å². The molecule has 2 N–H and O–H groups in total. The average molecular weight is 528 g/mol. The molecule has 0 radical (unpaired) electrons. The predicted molar refractivity (Wildman–Crippen MR) is 143 cm³/mol. The Bertz CT molecular complexity index is 1460. The van der Waals surface area contributed by atoms with Crippen molar-refractivity contribution in [1.82, 2.24) is 9.55 Å². The maximum atomic E-state index is 14.9. The molecule has 1 atom stereocenters. The number of aliphatic hydroxyl groups is 1. The normalized spacial score (nSPS) is 14.8. The Kier molecular flexibility index (Phi) is 9.01. The number of aryl methyl sites for hydroxylation is 1. The van der Waals surface area contributed by atoms with E-state index in [9.17, 15) is 23.9 Å². The molecule has 2 aromatic heterocycles. The Morgan fingerprint density at radius 3 is 2.55 bits per heavy atom. The lowest BCUT2D eigenvalue weighted by Gasteiger charge is -2.21. The number of nitrogens with one attached hydrogen (secondary N) is 1. The van der Waals surface area contributed by atoms with Gasteiger partial charge in [-0.2, -0.15) is 0 Å². The van der Waals surface area contributed by atoms with Gasteiger partial charge in [0.15, 0.2) is 6.10 Å². The fourth-order valence-electron chi connectivity index (χ4n) is 4.80. The van der Waals surface area contributed by atoms with Gasteiger partial charge in [-0.15, -0.1) is 0 Å². The van der Waals surface area contributed by atoms with Gasteiger partial charge in [-0.05, 0) is 25.0 Å². The molecule has 5 rings (SSSR count). The third kappa shape index (κ3) is 4.69. The number of rotatable bonds is 4. The van der Waals surface area contributed by atoms with Gasteiger partial charge in [-0.25, -0.2) is 14.2 Å². The molecule has 0 saturated carbocycles. The highest BCUT2D eigenvalue weighted by Gasteiger charge is 2.35. The quantitative estimate of drug-likeness (QED) is 0.383. The number of halogens is 1. The van der Waals surface area contributed by atoms with E-state index < -0.39 is 23.8 Å². The van der Waals surface area contributed by atoms with Crippen molar-refractivity contribution in [1.29, 1.82) is 0 Å². The highest BCUT2D eigenvalue weighted by atomic mass is 19.1. The van der Waals surface area contributed by atoms with Crippen molar-refractivity contribution in [3.05, 3.63) is 56.1 Å². The van der Waals surface area contributed by atoms with Gasteiger partial charge in [0.05, 0.1) is 34.7 Å². The molecule has 0 aliphatic carbocycles. The van der Waals surface area contributed by atoms with Crippen molar-refractivity contribution in [2.75, 3.05) is 19.0 Å². The second-order valence-electron chi connectivity index (χ2n) is 8.37. The number of methoxy groups -OCH3 is 1. The number of pyridine rings is 2. The summed E-state index contributed by atoms with van der Waals surface area (Å²) in [5, 5.41) is 13.6. The van der Waals surface area contributed by atoms with Gasteiger partial charge in [0.1, 0.15) is 19.0 Å². The van der Waals surface area contributed by atoms with E-state index in [4.69, 9.17) is 9.47 Å². The number of hydrogen-bond donors (Lipinski definition) is 2. The number of cyclic esters (lactones) is 1. The first-order chi connectivity index (χ1) is 18.3. The minimum Gasteiger partial charge on any atom is -0.458 e. The van der Waals surface area contributed by atoms with Crippen LogP contribution < -0.4 is 10.9 Å². The van der Waals surface area contributed by atoms with Crippen LogP contribution in [0.15, 0.2) is 16.9 Å². The van der Waals surface area contributed by atoms with Gasteiger partial charge in [-0.3, -0.25) is 9.59 Å². The average Bonchev–Trinajstić information content (AvgIpc) is 3.29. The number of aromatic nitrogens is 2. The zero-order chi connectivity index (χ0) is 28.3. The van der Waals surface area contributed by atoms with E-state index in [-0.39, 0.29) is 42.0 Å². The van der Waals surface area contributed by atoms with Crippen LogP contribution in [0, 0.1) is 12.7 Å². The summed E-state index contributed by atoms with van der Waals surface area (Å²) in [6.45, 7) is 11.3. The SMILES string of the molecule is CC.CC.CCc1c2c(nc3cc(F)c(C)c(NC(=O)COC)c13)-c1cc3c(c(=O)n1C2)COC(=O)C3O. The van der Waals surface area contributed by atoms with Crippen LogP contribution in [-0.4, -0.2) is 40.3 Å². The van der Waals surface area contributed by atoms with Crippen LogP contribution in [0.3, 0.4) is 0 Å². The molecule has 204 valence electrons. The molecule has 1 unspecified atom stereocenters. The van der Waals surface area contributed by atoms with Crippen LogP contribution in [0.5, 0.6) is 0 Å². The summed E-state index contributed by atoms with van der Waals surface area (Å²) in [5.74, 6) is -1.77. The van der Waals surface area contributed by atoms with E-state index in [0.717, 1.165) is 11.1 Å². The number of aliphatic hydroxyl groups excluding tert-OH is 1. The number of hydrogen-bond acceptors (Lipinski definition) is 7. The minimum absolute atomic E-state index is 0.188. The predicted octanol–water partition coefficient (Wildman–Crippen LogP) is 4.16. The first-order valence-corrected chi connectivity index (χ1v) is 12.8. The number of ether oxygens (including phenoxy) is 2. The first-order valence-electron chi connectivity index (χ1n) is 12.8. The summed E-state index contributed by atoms with van der Waals surface area (Å²) in [4.78, 5) is 42.0. The molecule has 1 aromatic carbocycles. The Hall–Kier alpha value is -3.63. The lowest BCUT2D eigenvalue weighted by molar-refractivity contribution is -0.157. The number of esters is 1. The van der Waals surface area contributed by atoms with Crippen molar-refractivity contribution in [3.63, 3.8) is 0 Å². The number of nitrogens with zero attached hydrogens (tertiary/aromatic N) is 2. The minimum atomic E-state index is -1.56. The molecule has 0 fully saturated rings. The third-order valence-electron chi connectivity index (χ3n) is 6.45. The maximum Gasteiger partial charge on any atom is 0.340 e. The fraction of sp³-hybridized carbons (Fsp3) is 0.429. The van der Waals surface area contributed by atoms with E-state index >= 15 is 0 Å². The first kappa shape index (κ1) is 28.9. The van der Waals surface area contributed by atoms with Crippen LogP contribution >= 0.6 is 0 Å². The number of carbonyl (C=O) groups is 2. The molecule has 38 heavy (non-hydrogen) atoms. The largest absolute Gasteiger partial charge is 0.458 e. The molecular weight excluding hydrogens is 493 g/mol. The van der Waals surface area contributed by atoms with Gasteiger partial charge in [-0.1, -0.05) is 34.6 Å². The van der Waals surface area contributed by atoms with E-state index in [1.807, 2.05) is 34.6 Å². The molecule has 4 heterocycles. The number of benzene rings is 1. The highest BCUT2D eigenvalue weighted by Crippen LogP contribution is 2.41. The lowest BCUT2D eigenvalue weighted by Crippen LogP contribution is -2.32. The number of carbonyl (C=O) groups excluding carboxylic acids is 2. The van der Waals surface area contributed by atoms with Crippen LogP contribution in [0.2, 0.25) is 0 Å². The second-order valence-corrected chi connectivity index (χ2v) is 8.37. The summed E-state index contributed by atoms with van der Waals surface area (Å²) in [7, 11) is 1.39. The second kappa shape index (κ2) is 11.8. The molecule has 9 nitrogen and oxygen atoms in total. The molecule has 2 aliphatic rings. The van der Waals surface area contributed by atoms with Crippen LogP contribution in [0.4, 0.5) is 10.1 Å². The number of anilines is 1. The molecular formula is C28H34FN3O6. The standard InChI is InChI=1S/C24H22FN3O6.2C2H6/c1-4-11-13-7-28-17(5-12-14(23(28)31)8-34-24(32)22(12)30)21(13)26-16-6-15(25)10(2)20(19(11)16)27-18(29)9-33-3;2*1-2/h5-6,22,30H,4,7-9H2,1-3H3,(H,27,29);2*1-2H3. The van der Waals surface area contributed by atoms with Gasteiger partial charge >= 0.3 is 5.97 Å². The molecule has 0 spiro atoms. The molecule has 10 heteroatoms. The Labute approximate surface area is 220 Å². The zero-order valence-electron chi connectivity index (χ0n) is 22.8. The van der Waals surface area contributed by atoms with Gasteiger partial charge in [0.2, 0.25) is 5.91 Å². The van der Waals surface area contributed by atoms with Crippen molar-refractivity contribution < 1.29 is 28.6 Å². The topological polar surface area (TPSA) is 120 Å². The molecule has 1 amide bonds. The maximum absolute atomic E-state index is 14.9. The smallest absolute Gasteiger partial charge is 0.340 e. The van der Waals surface area contributed by atoms with E-state index in [0.29, 0.717) is 34.4 Å². The summed E-state index contributed by atoms with van der Waals surface area (Å²) in [6.07, 6.45) is -1.02. The highest BCUT2D eigenvalue weighted by molar-refractivity contribution is 6.05. The van der Waals surface area contributed by atoms with Crippen molar-refractivity contribution >= 4 is 28.5 Å². The van der Waals surface area contributed by atoms with Crippen LogP contribution in [-0.2, 0) is 38.6 Å². The van der Waals surface area contributed by atoms with E-state index in [2.05, 4.69) is 10.3 Å². The summed E-state index contributed by atoms with van der Waals surface area (Å²) < 4.78 is 26.2. The Balaban J connectivity index is 0.000000956. The zero-order valence-corrected chi connectivity index (χ0v) is 22.8. The molecule has 0 bridgehead atoms. The van der Waals surface area contributed by atoms with E-state index in [1.165, 1.54) is 17.7 Å². The lowest BCUT2D eigenvalue weighted by atomic mass is 9.95. The monoisotopic (exact) mass is 527 g/mol. The Morgan fingerprint density at radius 2 is 1.92 bits per heavy atom. The third-order valence-corrected chi connectivity index (χ3v) is 6.45. The Morgan fingerprint density at radius 1 is 1.24 bits per heavy atom. The van der Waals surface area contributed by atoms with Crippen molar-refractivity contribution in [2.24, 2.45) is 0 Å². The van der Waals surface area contributed by atoms with Crippen molar-refractivity contribution in [3.8, 4) is 11.4 Å². The number of amides is 1. The molecule has 3 aromatic rings. The van der Waals surface area contributed by atoms with E-state index in [1.54, 1.807) is 13.0 Å². The summed E-state index contributed by atoms with van der Waals surface area (Å²) in [6, 6.07) is 2.89. The number of fused-ring (bicyclic) bond motifs is 5. The van der Waals surface area contributed by atoms with Crippen LogP contribution in [0.1, 0.15) is 68.5 Å². The summed E-state index contributed by atoms with van der Waals surface area (Å²) in [5.41, 5.74) is 3.47. The summed E-state index contributed by atoms with van der Waals surface area (Å²) >= 11 is 0. The molecule has 2 aliphatic heterocycles. The van der Waals surface area contributed by atoms with Gasteiger partial charge in [0.25, 0.3) is 5.56 Å². The van der Waals surface area contributed by atoms with Crippen LogP contribution in [0.25, 0.3) is 22.3 Å². The molecule has 0 saturated heterocycles. The van der Waals surface area contributed by atoms with Crippen molar-refractivity contribution in [2.45, 2.75) is 67.2 Å².